The first-order valence-corrected chi connectivity index (χ1v) is 4.75. The summed E-state index contributed by atoms with van der Waals surface area (Å²) in [5, 5.41) is 0. The normalized spacial score (nSPS) is 28.8. The molecule has 1 unspecified atom stereocenters. The third kappa shape index (κ3) is 2.51. The Morgan fingerprint density at radius 2 is 2.40 bits per heavy atom. The zero-order valence-electron chi connectivity index (χ0n) is 6.71. The van der Waals surface area contributed by atoms with Crippen LogP contribution in [0.25, 0.3) is 0 Å². The molecule has 60 valence electrons. The minimum Gasteiger partial charge on any atom is -0.306 e. The van der Waals surface area contributed by atoms with Gasteiger partial charge in [0.15, 0.2) is 0 Å². The van der Waals surface area contributed by atoms with Gasteiger partial charge in [0.1, 0.15) is 0 Å². The largest absolute Gasteiger partial charge is 0.306 e. The second-order valence-corrected chi connectivity index (χ2v) is 3.73. The lowest BCUT2D eigenvalue weighted by Gasteiger charge is -2.29. The van der Waals surface area contributed by atoms with Crippen LogP contribution < -0.4 is 0 Å². The fraction of sp³-hybridized carbons (Fsp3) is 1.00. The highest BCUT2D eigenvalue weighted by Gasteiger charge is 2.15. The van der Waals surface area contributed by atoms with Gasteiger partial charge >= 0.3 is 0 Å². The van der Waals surface area contributed by atoms with Crippen molar-refractivity contribution >= 4 is 12.6 Å². The topological polar surface area (TPSA) is 3.24 Å². The molecule has 0 aromatic heterocycles. The summed E-state index contributed by atoms with van der Waals surface area (Å²) < 4.78 is 0. The Bertz CT molecular complexity index is 93.3. The van der Waals surface area contributed by atoms with Gasteiger partial charge in [-0.2, -0.15) is 12.6 Å². The van der Waals surface area contributed by atoms with E-state index in [0.29, 0.717) is 0 Å². The monoisotopic (exact) mass is 159 g/mol. The predicted octanol–water partition coefficient (Wildman–Crippen LogP) is 1.65. The summed E-state index contributed by atoms with van der Waals surface area (Å²) in [7, 11) is 2.21. The van der Waals surface area contributed by atoms with Gasteiger partial charge in [-0.05, 0) is 44.5 Å². The maximum absolute atomic E-state index is 4.24. The van der Waals surface area contributed by atoms with Gasteiger partial charge in [0, 0.05) is 6.54 Å². The summed E-state index contributed by atoms with van der Waals surface area (Å²) >= 11 is 4.24. The summed E-state index contributed by atoms with van der Waals surface area (Å²) in [6.45, 7) is 2.59. The lowest BCUT2D eigenvalue weighted by molar-refractivity contribution is 0.207. The molecule has 0 aromatic carbocycles. The van der Waals surface area contributed by atoms with E-state index in [-0.39, 0.29) is 0 Å². The first-order chi connectivity index (χ1) is 4.83. The number of rotatable bonds is 2. The van der Waals surface area contributed by atoms with E-state index in [1.54, 1.807) is 0 Å². The molecule has 0 N–H and O–H groups in total. The lowest BCUT2D eigenvalue weighted by atomic mass is 9.96. The first-order valence-electron chi connectivity index (χ1n) is 4.12. The van der Waals surface area contributed by atoms with Crippen LogP contribution >= 0.6 is 12.6 Å². The predicted molar refractivity (Wildman–Crippen MR) is 48.7 cm³/mol. The van der Waals surface area contributed by atoms with Crippen LogP contribution in [0.5, 0.6) is 0 Å². The van der Waals surface area contributed by atoms with E-state index in [1.807, 2.05) is 0 Å². The number of hydrogen-bond donors (Lipinski definition) is 1. The molecule has 1 fully saturated rings. The van der Waals surface area contributed by atoms with Crippen molar-refractivity contribution in [2.45, 2.75) is 19.3 Å². The molecule has 10 heavy (non-hydrogen) atoms. The Hall–Kier alpha value is 0.310. The van der Waals surface area contributed by atoms with Crippen molar-refractivity contribution in [2.24, 2.45) is 5.92 Å². The molecule has 0 amide bonds. The number of hydrogen-bond acceptors (Lipinski definition) is 2. The fourth-order valence-corrected chi connectivity index (χ4v) is 2.06. The maximum atomic E-state index is 4.24. The lowest BCUT2D eigenvalue weighted by Crippen LogP contribution is -2.32. The van der Waals surface area contributed by atoms with Crippen LogP contribution in [-0.2, 0) is 0 Å². The summed E-state index contributed by atoms with van der Waals surface area (Å²) in [4.78, 5) is 2.43. The molecule has 0 bridgehead atoms. The smallest absolute Gasteiger partial charge is 0.000691 e. The van der Waals surface area contributed by atoms with Gasteiger partial charge in [-0.25, -0.2) is 0 Å². The first kappa shape index (κ1) is 8.41. The Kier molecular flexibility index (Phi) is 3.57. The molecule has 1 atom stereocenters. The van der Waals surface area contributed by atoms with Crippen LogP contribution in [-0.4, -0.2) is 30.8 Å². The SMILES string of the molecule is CN1CCCC(CCS)C1. The number of nitrogens with zero attached hydrogens (tertiary/aromatic N) is 1. The molecular formula is C8H17NS. The van der Waals surface area contributed by atoms with Gasteiger partial charge in [0.2, 0.25) is 0 Å². The van der Waals surface area contributed by atoms with E-state index in [2.05, 4.69) is 24.6 Å². The van der Waals surface area contributed by atoms with E-state index in [0.717, 1.165) is 11.7 Å². The average Bonchev–Trinajstić information content (AvgIpc) is 1.88. The van der Waals surface area contributed by atoms with Crippen molar-refractivity contribution in [2.75, 3.05) is 25.9 Å². The summed E-state index contributed by atoms with van der Waals surface area (Å²) in [5.74, 6) is 1.98. The molecule has 1 nitrogen and oxygen atoms in total. The molecule has 0 aromatic rings. The van der Waals surface area contributed by atoms with E-state index in [1.165, 1.54) is 32.4 Å². The molecule has 0 aliphatic carbocycles. The van der Waals surface area contributed by atoms with E-state index in [4.69, 9.17) is 0 Å². The highest BCUT2D eigenvalue weighted by molar-refractivity contribution is 7.80. The Morgan fingerprint density at radius 1 is 1.60 bits per heavy atom. The molecule has 0 saturated carbocycles. The quantitative estimate of drug-likeness (QED) is 0.600. The minimum atomic E-state index is 0.927. The summed E-state index contributed by atoms with van der Waals surface area (Å²) in [6, 6.07) is 0. The summed E-state index contributed by atoms with van der Waals surface area (Å²) in [6.07, 6.45) is 4.10. The van der Waals surface area contributed by atoms with Crippen molar-refractivity contribution in [1.29, 1.82) is 0 Å². The van der Waals surface area contributed by atoms with E-state index in [9.17, 15) is 0 Å². The molecule has 1 aliphatic rings. The minimum absolute atomic E-state index is 0.927. The van der Waals surface area contributed by atoms with Gasteiger partial charge in [-0.1, -0.05) is 0 Å². The zero-order chi connectivity index (χ0) is 7.40. The van der Waals surface area contributed by atoms with Crippen LogP contribution in [0.4, 0.5) is 0 Å². The molecule has 2 heteroatoms. The maximum Gasteiger partial charge on any atom is 0.000691 e. The van der Waals surface area contributed by atoms with Crippen molar-refractivity contribution in [3.8, 4) is 0 Å². The van der Waals surface area contributed by atoms with Crippen LogP contribution in [0.15, 0.2) is 0 Å². The number of thiol groups is 1. The summed E-state index contributed by atoms with van der Waals surface area (Å²) in [5.41, 5.74) is 0. The van der Waals surface area contributed by atoms with Gasteiger partial charge in [-0.15, -0.1) is 0 Å². The Morgan fingerprint density at radius 3 is 3.00 bits per heavy atom. The number of piperidine rings is 1. The molecule has 1 heterocycles. The van der Waals surface area contributed by atoms with Crippen molar-refractivity contribution < 1.29 is 0 Å². The van der Waals surface area contributed by atoms with Crippen LogP contribution in [0, 0.1) is 5.92 Å². The Balaban J connectivity index is 2.18. The molecule has 0 spiro atoms. The van der Waals surface area contributed by atoms with Crippen molar-refractivity contribution in [3.63, 3.8) is 0 Å². The molecule has 1 aliphatic heterocycles. The third-order valence-corrected chi connectivity index (χ3v) is 2.52. The van der Waals surface area contributed by atoms with Gasteiger partial charge in [-0.3, -0.25) is 0 Å². The third-order valence-electron chi connectivity index (χ3n) is 2.26. The highest BCUT2D eigenvalue weighted by Crippen LogP contribution is 2.18. The zero-order valence-corrected chi connectivity index (χ0v) is 7.61. The average molecular weight is 159 g/mol. The molecule has 1 saturated heterocycles. The second-order valence-electron chi connectivity index (χ2n) is 3.28. The molecular weight excluding hydrogens is 142 g/mol. The highest BCUT2D eigenvalue weighted by atomic mass is 32.1. The van der Waals surface area contributed by atoms with E-state index < -0.39 is 0 Å². The van der Waals surface area contributed by atoms with Crippen LogP contribution in [0.2, 0.25) is 0 Å². The van der Waals surface area contributed by atoms with E-state index >= 15 is 0 Å². The second kappa shape index (κ2) is 4.24. The fourth-order valence-electron chi connectivity index (χ4n) is 1.69. The van der Waals surface area contributed by atoms with Crippen LogP contribution in [0.3, 0.4) is 0 Å². The van der Waals surface area contributed by atoms with Gasteiger partial charge in [0.05, 0.1) is 0 Å². The van der Waals surface area contributed by atoms with Gasteiger partial charge < -0.3 is 4.90 Å². The molecule has 1 rings (SSSR count). The number of likely N-dealkylation sites (tertiary alicyclic amines) is 1. The van der Waals surface area contributed by atoms with Crippen molar-refractivity contribution in [1.82, 2.24) is 4.90 Å². The van der Waals surface area contributed by atoms with Crippen molar-refractivity contribution in [3.05, 3.63) is 0 Å². The molecule has 0 radical (unpaired) electrons. The standard InChI is InChI=1S/C8H17NS/c1-9-5-2-3-8(7-9)4-6-10/h8,10H,2-7H2,1H3. The van der Waals surface area contributed by atoms with Gasteiger partial charge in [0.25, 0.3) is 0 Å². The van der Waals surface area contributed by atoms with Crippen LogP contribution in [0.1, 0.15) is 19.3 Å². The Labute approximate surface area is 69.2 Å².